The number of carbonyl (C=O) groups is 3. The van der Waals surface area contributed by atoms with Gasteiger partial charge in [-0.05, 0) is 24.5 Å². The summed E-state index contributed by atoms with van der Waals surface area (Å²) >= 11 is 0. The Labute approximate surface area is 154 Å². The molecule has 0 spiro atoms. The Morgan fingerprint density at radius 3 is 2.35 bits per heavy atom. The molecular formula is C20H26N2O4. The molecule has 0 aromatic heterocycles. The monoisotopic (exact) mass is 358 g/mol. The summed E-state index contributed by atoms with van der Waals surface area (Å²) in [6.45, 7) is 0.911. The van der Waals surface area contributed by atoms with Crippen molar-refractivity contribution in [2.75, 3.05) is 26.2 Å². The second-order valence-corrected chi connectivity index (χ2v) is 6.27. The fourth-order valence-electron chi connectivity index (χ4n) is 2.74. The highest BCUT2D eigenvalue weighted by molar-refractivity contribution is 5.93. The molecule has 1 aromatic carbocycles. The van der Waals surface area contributed by atoms with Crippen LogP contribution in [0.4, 0.5) is 0 Å². The van der Waals surface area contributed by atoms with E-state index in [0.29, 0.717) is 0 Å². The molecule has 0 atom stereocenters. The lowest BCUT2D eigenvalue weighted by molar-refractivity contribution is -0.151. The third kappa shape index (κ3) is 7.51. The fourth-order valence-corrected chi connectivity index (χ4v) is 2.74. The first-order valence-electron chi connectivity index (χ1n) is 9.09. The fraction of sp³-hybridized carbons (Fsp3) is 0.450. The molecule has 0 aliphatic carbocycles. The SMILES string of the molecule is O=C(/C=C/c1ccccc1)NCC(=O)OCC(=O)N1CCCCCCC1. The number of likely N-dealkylation sites (tertiary alicyclic amines) is 1. The first kappa shape index (κ1) is 19.7. The largest absolute Gasteiger partial charge is 0.454 e. The van der Waals surface area contributed by atoms with Gasteiger partial charge in [0.05, 0.1) is 0 Å². The van der Waals surface area contributed by atoms with Gasteiger partial charge in [0.1, 0.15) is 6.54 Å². The van der Waals surface area contributed by atoms with E-state index in [1.54, 1.807) is 11.0 Å². The first-order chi connectivity index (χ1) is 12.6. The Morgan fingerprint density at radius 1 is 1.00 bits per heavy atom. The van der Waals surface area contributed by atoms with Crippen molar-refractivity contribution in [3.8, 4) is 0 Å². The number of benzene rings is 1. The number of hydrogen-bond donors (Lipinski definition) is 1. The minimum Gasteiger partial charge on any atom is -0.454 e. The Hall–Kier alpha value is -2.63. The van der Waals surface area contributed by atoms with Gasteiger partial charge in [-0.1, -0.05) is 49.6 Å². The van der Waals surface area contributed by atoms with Crippen LogP contribution >= 0.6 is 0 Å². The van der Waals surface area contributed by atoms with E-state index >= 15 is 0 Å². The zero-order valence-electron chi connectivity index (χ0n) is 15.0. The van der Waals surface area contributed by atoms with Gasteiger partial charge in [-0.2, -0.15) is 0 Å². The maximum Gasteiger partial charge on any atom is 0.325 e. The molecule has 1 aliphatic rings. The molecule has 1 N–H and O–H groups in total. The molecule has 140 valence electrons. The summed E-state index contributed by atoms with van der Waals surface area (Å²) in [5.41, 5.74) is 0.893. The molecule has 1 fully saturated rings. The molecule has 0 bridgehead atoms. The quantitative estimate of drug-likeness (QED) is 0.624. The van der Waals surface area contributed by atoms with Gasteiger partial charge in [0.15, 0.2) is 6.61 Å². The van der Waals surface area contributed by atoms with E-state index in [9.17, 15) is 14.4 Å². The van der Waals surface area contributed by atoms with Crippen LogP contribution in [0.1, 0.15) is 37.7 Å². The lowest BCUT2D eigenvalue weighted by Crippen LogP contribution is -2.38. The molecule has 6 nitrogen and oxygen atoms in total. The molecule has 0 unspecified atom stereocenters. The molecule has 1 aliphatic heterocycles. The molecule has 0 radical (unpaired) electrons. The topological polar surface area (TPSA) is 75.7 Å². The summed E-state index contributed by atoms with van der Waals surface area (Å²) < 4.78 is 4.97. The van der Waals surface area contributed by atoms with Gasteiger partial charge in [0.2, 0.25) is 5.91 Å². The van der Waals surface area contributed by atoms with Crippen LogP contribution in [-0.2, 0) is 19.1 Å². The average Bonchev–Trinajstić information content (AvgIpc) is 2.63. The lowest BCUT2D eigenvalue weighted by Gasteiger charge is -2.24. The van der Waals surface area contributed by atoms with Crippen LogP contribution in [-0.4, -0.2) is 48.9 Å². The molecule has 1 heterocycles. The molecule has 26 heavy (non-hydrogen) atoms. The van der Waals surface area contributed by atoms with Crippen LogP contribution < -0.4 is 5.32 Å². The lowest BCUT2D eigenvalue weighted by atomic mass is 10.1. The first-order valence-corrected chi connectivity index (χ1v) is 9.09. The van der Waals surface area contributed by atoms with Crippen LogP contribution in [0, 0.1) is 0 Å². The molecule has 2 rings (SSSR count). The highest BCUT2D eigenvalue weighted by Gasteiger charge is 2.16. The van der Waals surface area contributed by atoms with E-state index in [0.717, 1.165) is 44.3 Å². The molecule has 6 heteroatoms. The maximum absolute atomic E-state index is 12.1. The summed E-state index contributed by atoms with van der Waals surface area (Å²) in [6, 6.07) is 9.38. The molecule has 0 saturated carbocycles. The number of amides is 2. The number of hydrogen-bond acceptors (Lipinski definition) is 4. The number of nitrogens with one attached hydrogen (secondary N) is 1. The van der Waals surface area contributed by atoms with E-state index in [1.807, 2.05) is 30.3 Å². The maximum atomic E-state index is 12.1. The molecule has 1 saturated heterocycles. The van der Waals surface area contributed by atoms with Crippen LogP contribution in [0.5, 0.6) is 0 Å². The Bertz CT molecular complexity index is 620. The van der Waals surface area contributed by atoms with Crippen LogP contribution in [0.25, 0.3) is 6.08 Å². The second kappa shape index (κ2) is 11.1. The van der Waals surface area contributed by atoms with Crippen molar-refractivity contribution in [2.45, 2.75) is 32.1 Å². The summed E-state index contributed by atoms with van der Waals surface area (Å²) in [5, 5.41) is 2.45. The van der Waals surface area contributed by atoms with Crippen LogP contribution in [0.3, 0.4) is 0 Å². The van der Waals surface area contributed by atoms with Gasteiger partial charge in [0, 0.05) is 19.2 Å². The molecule has 1 aromatic rings. The zero-order valence-corrected chi connectivity index (χ0v) is 15.0. The summed E-state index contributed by atoms with van der Waals surface area (Å²) in [5.74, 6) is -1.18. The van der Waals surface area contributed by atoms with Crippen molar-refractivity contribution in [3.63, 3.8) is 0 Å². The second-order valence-electron chi connectivity index (χ2n) is 6.27. The Morgan fingerprint density at radius 2 is 1.65 bits per heavy atom. The zero-order chi connectivity index (χ0) is 18.6. The smallest absolute Gasteiger partial charge is 0.325 e. The third-order valence-corrected chi connectivity index (χ3v) is 4.20. The summed E-state index contributed by atoms with van der Waals surface area (Å²) in [6.07, 6.45) is 8.47. The standard InChI is InChI=1S/C20H26N2O4/c23-18(12-11-17-9-5-4-6-10-17)21-15-20(25)26-16-19(24)22-13-7-2-1-3-8-14-22/h4-6,9-12H,1-3,7-8,13-16H2,(H,21,23)/b12-11+. The highest BCUT2D eigenvalue weighted by atomic mass is 16.5. The van der Waals surface area contributed by atoms with Crippen molar-refractivity contribution >= 4 is 23.9 Å². The van der Waals surface area contributed by atoms with Gasteiger partial charge < -0.3 is 15.0 Å². The minimum atomic E-state index is -0.619. The molecule has 2 amide bonds. The number of carbonyl (C=O) groups excluding carboxylic acids is 3. The number of rotatable bonds is 6. The predicted molar refractivity (Wildman–Crippen MR) is 99.1 cm³/mol. The van der Waals surface area contributed by atoms with Crippen molar-refractivity contribution in [1.29, 1.82) is 0 Å². The Balaban J connectivity index is 1.65. The van der Waals surface area contributed by atoms with Gasteiger partial charge in [-0.25, -0.2) is 0 Å². The van der Waals surface area contributed by atoms with Gasteiger partial charge >= 0.3 is 5.97 Å². The van der Waals surface area contributed by atoms with Gasteiger partial charge in [-0.3, -0.25) is 14.4 Å². The van der Waals surface area contributed by atoms with Crippen LogP contribution in [0.15, 0.2) is 36.4 Å². The van der Waals surface area contributed by atoms with E-state index in [2.05, 4.69) is 5.32 Å². The van der Waals surface area contributed by atoms with Gasteiger partial charge in [-0.15, -0.1) is 0 Å². The average molecular weight is 358 g/mol. The van der Waals surface area contributed by atoms with Crippen molar-refractivity contribution in [1.82, 2.24) is 10.2 Å². The summed E-state index contributed by atoms with van der Waals surface area (Å²) in [7, 11) is 0. The van der Waals surface area contributed by atoms with Crippen molar-refractivity contribution in [2.24, 2.45) is 0 Å². The number of ether oxygens (including phenoxy) is 1. The summed E-state index contributed by atoms with van der Waals surface area (Å²) in [4.78, 5) is 37.3. The van der Waals surface area contributed by atoms with Gasteiger partial charge in [0.25, 0.3) is 5.91 Å². The van der Waals surface area contributed by atoms with Crippen molar-refractivity contribution < 1.29 is 19.1 Å². The van der Waals surface area contributed by atoms with E-state index < -0.39 is 5.97 Å². The third-order valence-electron chi connectivity index (χ3n) is 4.20. The van der Waals surface area contributed by atoms with E-state index in [4.69, 9.17) is 4.74 Å². The number of nitrogens with zero attached hydrogens (tertiary/aromatic N) is 1. The number of esters is 1. The predicted octanol–water partition coefficient (Wildman–Crippen LogP) is 2.15. The van der Waals surface area contributed by atoms with E-state index in [1.165, 1.54) is 12.5 Å². The molecular weight excluding hydrogens is 332 g/mol. The normalized spacial score (nSPS) is 15.2. The Kier molecular flexibility index (Phi) is 8.39. The highest BCUT2D eigenvalue weighted by Crippen LogP contribution is 2.10. The van der Waals surface area contributed by atoms with E-state index in [-0.39, 0.29) is 25.0 Å². The van der Waals surface area contributed by atoms with Crippen molar-refractivity contribution in [3.05, 3.63) is 42.0 Å². The van der Waals surface area contributed by atoms with Crippen LogP contribution in [0.2, 0.25) is 0 Å². The minimum absolute atomic E-state index is 0.171.